The number of aliphatic hydroxyl groups excluding tert-OH is 2. The molecule has 1 aliphatic rings. The van der Waals surface area contributed by atoms with Gasteiger partial charge in [-0.05, 0) is 6.92 Å². The van der Waals surface area contributed by atoms with Gasteiger partial charge >= 0.3 is 5.69 Å². The summed E-state index contributed by atoms with van der Waals surface area (Å²) < 4.78 is 20.0. The fourth-order valence-electron chi connectivity index (χ4n) is 2.22. The summed E-state index contributed by atoms with van der Waals surface area (Å²) in [7, 11) is 0. The van der Waals surface area contributed by atoms with Gasteiger partial charge in [0.05, 0.1) is 12.7 Å². The van der Waals surface area contributed by atoms with Crippen LogP contribution in [0.1, 0.15) is 19.6 Å². The average Bonchev–Trinajstić information content (AvgIpc) is 2.67. The van der Waals surface area contributed by atoms with Crippen LogP contribution >= 0.6 is 0 Å². The van der Waals surface area contributed by atoms with E-state index in [-0.39, 0.29) is 6.42 Å². The molecule has 1 fully saturated rings. The van der Waals surface area contributed by atoms with E-state index in [0.29, 0.717) is 0 Å². The number of ether oxygens (including phenoxy) is 1. The Morgan fingerprint density at radius 2 is 2.37 bits per heavy atom. The van der Waals surface area contributed by atoms with Crippen molar-refractivity contribution in [3.05, 3.63) is 33.1 Å². The van der Waals surface area contributed by atoms with Crippen LogP contribution < -0.4 is 11.2 Å². The molecule has 1 aliphatic heterocycles. The number of nitrogens with zero attached hydrogens (tertiary/aromatic N) is 1. The van der Waals surface area contributed by atoms with E-state index in [1.807, 2.05) is 4.98 Å². The lowest BCUT2D eigenvalue weighted by atomic mass is 9.93. The van der Waals surface area contributed by atoms with Crippen LogP contribution in [0, 0.1) is 0 Å². The van der Waals surface area contributed by atoms with Gasteiger partial charge in [-0.2, -0.15) is 0 Å². The van der Waals surface area contributed by atoms with E-state index in [0.717, 1.165) is 17.6 Å². The monoisotopic (exact) mass is 274 g/mol. The molecule has 106 valence electrons. The maximum atomic E-state index is 13.6. The first-order chi connectivity index (χ1) is 8.90. The van der Waals surface area contributed by atoms with E-state index in [9.17, 15) is 24.2 Å². The second-order valence-electron chi connectivity index (χ2n) is 4.57. The Morgan fingerprint density at radius 1 is 1.68 bits per heavy atom. The Labute approximate surface area is 107 Å². The normalized spacial score (nSPS) is 32.4. The zero-order chi connectivity index (χ0) is 14.2. The predicted molar refractivity (Wildman–Crippen MR) is 62.5 cm³/mol. The van der Waals surface area contributed by atoms with Crippen molar-refractivity contribution in [2.24, 2.45) is 0 Å². The largest absolute Gasteiger partial charge is 0.393 e. The Balaban J connectivity index is 2.35. The number of aromatic nitrogens is 2. The van der Waals surface area contributed by atoms with E-state index in [2.05, 4.69) is 0 Å². The number of hydrogen-bond acceptors (Lipinski definition) is 5. The quantitative estimate of drug-likeness (QED) is 0.649. The molecule has 4 atom stereocenters. The van der Waals surface area contributed by atoms with Gasteiger partial charge in [0.25, 0.3) is 5.56 Å². The van der Waals surface area contributed by atoms with Crippen LogP contribution in [0.25, 0.3) is 0 Å². The molecule has 0 radical (unpaired) electrons. The van der Waals surface area contributed by atoms with Gasteiger partial charge in [-0.3, -0.25) is 14.3 Å². The van der Waals surface area contributed by atoms with Gasteiger partial charge in [0, 0.05) is 18.7 Å². The lowest BCUT2D eigenvalue weighted by Crippen LogP contribution is -2.50. The van der Waals surface area contributed by atoms with Crippen molar-refractivity contribution in [2.45, 2.75) is 37.4 Å². The highest BCUT2D eigenvalue weighted by Gasteiger charge is 2.52. The van der Waals surface area contributed by atoms with Crippen molar-refractivity contribution < 1.29 is 19.3 Å². The number of halogens is 1. The van der Waals surface area contributed by atoms with Crippen LogP contribution in [0.2, 0.25) is 0 Å². The molecule has 8 heteroatoms. The Bertz CT molecular complexity index is 569. The summed E-state index contributed by atoms with van der Waals surface area (Å²) in [6.45, 7) is 0.456. The molecule has 0 aliphatic carbocycles. The second kappa shape index (κ2) is 4.87. The van der Waals surface area contributed by atoms with Crippen molar-refractivity contribution >= 4 is 0 Å². The minimum Gasteiger partial charge on any atom is -0.393 e. The molecule has 0 aromatic carbocycles. The molecular formula is C11H15FN2O5. The third-order valence-electron chi connectivity index (χ3n) is 3.43. The van der Waals surface area contributed by atoms with Gasteiger partial charge in [0.15, 0.2) is 5.60 Å². The maximum absolute atomic E-state index is 13.6. The number of rotatable bonds is 3. The molecule has 1 aromatic heterocycles. The lowest BCUT2D eigenvalue weighted by Gasteiger charge is -2.31. The van der Waals surface area contributed by atoms with Crippen LogP contribution in [0.5, 0.6) is 0 Å². The fraction of sp³-hybridized carbons (Fsp3) is 0.636. The number of aromatic amines is 1. The first-order valence-electron chi connectivity index (χ1n) is 5.83. The Hall–Kier alpha value is -1.51. The minimum atomic E-state index is -1.75. The molecule has 1 saturated heterocycles. The Kier molecular flexibility index (Phi) is 3.57. The van der Waals surface area contributed by atoms with Gasteiger partial charge in [0.2, 0.25) is 0 Å². The summed E-state index contributed by atoms with van der Waals surface area (Å²) >= 11 is 0. The van der Waals surface area contributed by atoms with Gasteiger partial charge in [-0.1, -0.05) is 0 Å². The summed E-state index contributed by atoms with van der Waals surface area (Å²) in [5.41, 5.74) is -3.03. The van der Waals surface area contributed by atoms with Crippen molar-refractivity contribution in [3.8, 4) is 0 Å². The molecule has 7 nitrogen and oxygen atoms in total. The van der Waals surface area contributed by atoms with Crippen LogP contribution in [-0.2, 0) is 4.74 Å². The molecule has 1 unspecified atom stereocenters. The lowest BCUT2D eigenvalue weighted by molar-refractivity contribution is -0.161. The van der Waals surface area contributed by atoms with Gasteiger partial charge < -0.3 is 14.9 Å². The van der Waals surface area contributed by atoms with Gasteiger partial charge in [-0.25, -0.2) is 9.18 Å². The third kappa shape index (κ3) is 2.22. The zero-order valence-electron chi connectivity index (χ0n) is 10.2. The van der Waals surface area contributed by atoms with Gasteiger partial charge in [0.1, 0.15) is 12.4 Å². The molecule has 3 N–H and O–H groups in total. The molecule has 0 saturated carbocycles. The zero-order valence-corrected chi connectivity index (χ0v) is 10.2. The summed E-state index contributed by atoms with van der Waals surface area (Å²) in [6, 6.07) is 1.12. The standard InChI is InChI=1S/C11H15FN2O5/c1-6(12)11(5-15)7(16)4-9(19-11)14-3-2-8(17)13-10(14)18/h2-3,6-7,9,15-16H,4-5H2,1H3,(H,13,17,18)/t6?,7-,9-,11-/m0/s1. The molecule has 0 bridgehead atoms. The van der Waals surface area contributed by atoms with Crippen molar-refractivity contribution in [1.29, 1.82) is 0 Å². The SMILES string of the molecule is CC(F)[C@]1(CO)O[C@H](n2ccc(=O)[nH]c2=O)C[C@@H]1O. The summed E-state index contributed by atoms with van der Waals surface area (Å²) in [5.74, 6) is 0. The van der Waals surface area contributed by atoms with Crippen molar-refractivity contribution in [1.82, 2.24) is 9.55 Å². The van der Waals surface area contributed by atoms with Crippen LogP contribution in [0.15, 0.2) is 21.9 Å². The van der Waals surface area contributed by atoms with Crippen LogP contribution in [0.4, 0.5) is 4.39 Å². The number of alkyl halides is 1. The molecule has 19 heavy (non-hydrogen) atoms. The van der Waals surface area contributed by atoms with Crippen molar-refractivity contribution in [3.63, 3.8) is 0 Å². The summed E-state index contributed by atoms with van der Waals surface area (Å²) in [4.78, 5) is 24.6. The number of nitrogens with one attached hydrogen (secondary N) is 1. The van der Waals surface area contributed by atoms with E-state index in [1.54, 1.807) is 0 Å². The molecule has 2 rings (SSSR count). The molecule has 2 heterocycles. The average molecular weight is 274 g/mol. The number of H-pyrrole nitrogens is 1. The number of aliphatic hydroxyl groups is 2. The highest BCUT2D eigenvalue weighted by atomic mass is 19.1. The third-order valence-corrected chi connectivity index (χ3v) is 3.43. The Morgan fingerprint density at radius 3 is 2.84 bits per heavy atom. The minimum absolute atomic E-state index is 0.0548. The van der Waals surface area contributed by atoms with E-state index < -0.39 is 42.0 Å². The first kappa shape index (κ1) is 13.9. The van der Waals surface area contributed by atoms with E-state index in [1.165, 1.54) is 6.20 Å². The molecule has 0 amide bonds. The maximum Gasteiger partial charge on any atom is 0.330 e. The predicted octanol–water partition coefficient (Wildman–Crippen LogP) is -1.09. The summed E-state index contributed by atoms with van der Waals surface area (Å²) in [6.07, 6.45) is -2.66. The topological polar surface area (TPSA) is 105 Å². The van der Waals surface area contributed by atoms with Crippen molar-refractivity contribution in [2.75, 3.05) is 6.61 Å². The molecule has 1 aromatic rings. The first-order valence-corrected chi connectivity index (χ1v) is 5.83. The smallest absolute Gasteiger partial charge is 0.330 e. The van der Waals surface area contributed by atoms with Gasteiger partial charge in [-0.15, -0.1) is 0 Å². The highest BCUT2D eigenvalue weighted by Crippen LogP contribution is 2.39. The van der Waals surface area contributed by atoms with Crippen LogP contribution in [0.3, 0.4) is 0 Å². The van der Waals surface area contributed by atoms with E-state index >= 15 is 0 Å². The fourth-order valence-corrected chi connectivity index (χ4v) is 2.22. The molecule has 0 spiro atoms. The number of hydrogen-bond donors (Lipinski definition) is 3. The second-order valence-corrected chi connectivity index (χ2v) is 4.57. The summed E-state index contributed by atoms with van der Waals surface area (Å²) in [5, 5.41) is 19.1. The van der Waals surface area contributed by atoms with E-state index in [4.69, 9.17) is 4.74 Å². The molecular weight excluding hydrogens is 259 g/mol. The highest BCUT2D eigenvalue weighted by molar-refractivity contribution is 5.00. The van der Waals surface area contributed by atoms with Crippen LogP contribution in [-0.4, -0.2) is 44.2 Å².